The molecular formula is C16H16N2O2. The van der Waals surface area contributed by atoms with E-state index in [0.717, 1.165) is 22.2 Å². The lowest BCUT2D eigenvalue weighted by molar-refractivity contribution is 0.470. The van der Waals surface area contributed by atoms with Gasteiger partial charge in [0.15, 0.2) is 5.58 Å². The minimum absolute atomic E-state index is 0.250. The second kappa shape index (κ2) is 4.98. The Hall–Kier alpha value is -2.33. The second-order valence-electron chi connectivity index (χ2n) is 5.00. The first-order valence-corrected chi connectivity index (χ1v) is 6.52. The van der Waals surface area contributed by atoms with Gasteiger partial charge in [0.25, 0.3) is 0 Å². The van der Waals surface area contributed by atoms with Crippen LogP contribution in [0.2, 0.25) is 0 Å². The number of nitrogens with two attached hydrogens (primary N) is 1. The molecule has 0 saturated heterocycles. The van der Waals surface area contributed by atoms with Crippen LogP contribution in [0.15, 0.2) is 46.9 Å². The lowest BCUT2D eigenvalue weighted by Gasteiger charge is -2.07. The normalized spacial score (nSPS) is 12.7. The van der Waals surface area contributed by atoms with Gasteiger partial charge in [0.05, 0.1) is 6.04 Å². The van der Waals surface area contributed by atoms with E-state index in [1.165, 1.54) is 0 Å². The maximum absolute atomic E-state index is 9.27. The molecule has 3 rings (SSSR count). The zero-order valence-electron chi connectivity index (χ0n) is 11.2. The van der Waals surface area contributed by atoms with Crippen molar-refractivity contribution in [3.05, 3.63) is 59.5 Å². The van der Waals surface area contributed by atoms with Crippen molar-refractivity contribution in [2.45, 2.75) is 19.4 Å². The van der Waals surface area contributed by atoms with Crippen molar-refractivity contribution in [1.29, 1.82) is 0 Å². The summed E-state index contributed by atoms with van der Waals surface area (Å²) in [6, 6.07) is 12.6. The molecule has 0 bridgehead atoms. The van der Waals surface area contributed by atoms with Crippen molar-refractivity contribution < 1.29 is 9.52 Å². The highest BCUT2D eigenvalue weighted by atomic mass is 16.3. The summed E-state index contributed by atoms with van der Waals surface area (Å²) in [5.41, 5.74) is 9.91. The third kappa shape index (κ3) is 2.51. The smallest absolute Gasteiger partial charge is 0.212 e. The average Bonchev–Trinajstić information content (AvgIpc) is 2.84. The summed E-state index contributed by atoms with van der Waals surface area (Å²) in [4.78, 5) is 4.43. The van der Waals surface area contributed by atoms with Crippen LogP contribution in [0.5, 0.6) is 5.75 Å². The minimum Gasteiger partial charge on any atom is -0.508 e. The summed E-state index contributed by atoms with van der Waals surface area (Å²) in [5, 5.41) is 9.27. The highest BCUT2D eigenvalue weighted by Gasteiger charge is 2.14. The lowest BCUT2D eigenvalue weighted by Crippen LogP contribution is -2.13. The number of hydrogen-bond acceptors (Lipinski definition) is 4. The number of nitrogens with zero attached hydrogens (tertiary/aromatic N) is 1. The van der Waals surface area contributed by atoms with E-state index < -0.39 is 0 Å². The van der Waals surface area contributed by atoms with Crippen LogP contribution in [0.3, 0.4) is 0 Å². The predicted molar refractivity (Wildman–Crippen MR) is 77.5 cm³/mol. The maximum Gasteiger partial charge on any atom is 0.212 e. The molecule has 0 saturated carbocycles. The number of phenols is 1. The van der Waals surface area contributed by atoms with E-state index in [1.54, 1.807) is 12.1 Å². The molecule has 3 aromatic rings. The molecule has 1 unspecified atom stereocenters. The predicted octanol–water partition coefficient (Wildman–Crippen LogP) is 3.08. The van der Waals surface area contributed by atoms with E-state index in [1.807, 2.05) is 37.3 Å². The summed E-state index contributed by atoms with van der Waals surface area (Å²) >= 11 is 0. The van der Waals surface area contributed by atoms with Crippen LogP contribution in [-0.2, 0) is 6.42 Å². The fourth-order valence-corrected chi connectivity index (χ4v) is 2.18. The molecule has 0 radical (unpaired) electrons. The summed E-state index contributed by atoms with van der Waals surface area (Å²) in [5.74, 6) is 0.790. The molecule has 0 fully saturated rings. The van der Waals surface area contributed by atoms with Crippen LogP contribution < -0.4 is 5.73 Å². The van der Waals surface area contributed by atoms with Gasteiger partial charge in [-0.25, -0.2) is 4.98 Å². The van der Waals surface area contributed by atoms with Crippen LogP contribution in [-0.4, -0.2) is 10.1 Å². The summed E-state index contributed by atoms with van der Waals surface area (Å²) in [6.07, 6.45) is 0.617. The first-order chi connectivity index (χ1) is 9.61. The number of aryl methyl sites for hydroxylation is 1. The minimum atomic E-state index is -0.299. The molecule has 102 valence electrons. The first kappa shape index (κ1) is 12.7. The maximum atomic E-state index is 9.27. The SMILES string of the molecule is Cc1ccc2nc(C(N)Cc3ccc(O)cc3)oc2c1. The van der Waals surface area contributed by atoms with Gasteiger partial charge in [-0.1, -0.05) is 18.2 Å². The topological polar surface area (TPSA) is 72.3 Å². The molecule has 3 N–H and O–H groups in total. The van der Waals surface area contributed by atoms with E-state index in [4.69, 9.17) is 10.2 Å². The highest BCUT2D eigenvalue weighted by molar-refractivity contribution is 5.73. The molecule has 20 heavy (non-hydrogen) atoms. The Morgan fingerprint density at radius 1 is 1.20 bits per heavy atom. The molecule has 0 spiro atoms. The van der Waals surface area contributed by atoms with Gasteiger partial charge in [0, 0.05) is 0 Å². The molecule has 0 amide bonds. The number of benzene rings is 2. The number of aromatic hydroxyl groups is 1. The van der Waals surface area contributed by atoms with E-state index in [9.17, 15) is 5.11 Å². The highest BCUT2D eigenvalue weighted by Crippen LogP contribution is 2.22. The molecule has 2 aromatic carbocycles. The molecule has 0 aliphatic rings. The summed E-state index contributed by atoms with van der Waals surface area (Å²) in [6.45, 7) is 2.01. The van der Waals surface area contributed by atoms with Crippen LogP contribution in [0, 0.1) is 6.92 Å². The Morgan fingerprint density at radius 3 is 2.70 bits per heavy atom. The Labute approximate surface area is 116 Å². The standard InChI is InChI=1S/C16H16N2O2/c1-10-2-7-14-15(8-10)20-16(18-14)13(17)9-11-3-5-12(19)6-4-11/h2-8,13,19H,9,17H2,1H3. The first-order valence-electron chi connectivity index (χ1n) is 6.52. The van der Waals surface area contributed by atoms with Crippen LogP contribution >= 0.6 is 0 Å². The Balaban J connectivity index is 1.84. The quantitative estimate of drug-likeness (QED) is 0.765. The molecule has 0 aliphatic heterocycles. The summed E-state index contributed by atoms with van der Waals surface area (Å²) in [7, 11) is 0. The van der Waals surface area contributed by atoms with Gasteiger partial charge in [-0.05, 0) is 48.7 Å². The van der Waals surface area contributed by atoms with Crippen molar-refractivity contribution in [1.82, 2.24) is 4.98 Å². The molecular weight excluding hydrogens is 252 g/mol. The van der Waals surface area contributed by atoms with Crippen molar-refractivity contribution in [2.24, 2.45) is 5.73 Å². The number of oxazole rings is 1. The van der Waals surface area contributed by atoms with Gasteiger partial charge in [0.2, 0.25) is 5.89 Å². The number of fused-ring (bicyclic) bond motifs is 1. The van der Waals surface area contributed by atoms with Crippen molar-refractivity contribution in [3.8, 4) is 5.75 Å². The lowest BCUT2D eigenvalue weighted by atomic mass is 10.1. The van der Waals surface area contributed by atoms with E-state index in [0.29, 0.717) is 12.3 Å². The Morgan fingerprint density at radius 2 is 1.95 bits per heavy atom. The van der Waals surface area contributed by atoms with Gasteiger partial charge >= 0.3 is 0 Å². The molecule has 1 aromatic heterocycles. The third-order valence-corrected chi connectivity index (χ3v) is 3.27. The monoisotopic (exact) mass is 268 g/mol. The van der Waals surface area contributed by atoms with Crippen LogP contribution in [0.4, 0.5) is 0 Å². The van der Waals surface area contributed by atoms with Crippen molar-refractivity contribution in [2.75, 3.05) is 0 Å². The number of hydrogen-bond donors (Lipinski definition) is 2. The third-order valence-electron chi connectivity index (χ3n) is 3.27. The van der Waals surface area contributed by atoms with E-state index >= 15 is 0 Å². The second-order valence-corrected chi connectivity index (χ2v) is 5.00. The molecule has 1 atom stereocenters. The van der Waals surface area contributed by atoms with E-state index in [-0.39, 0.29) is 11.8 Å². The van der Waals surface area contributed by atoms with Crippen LogP contribution in [0.1, 0.15) is 23.1 Å². The summed E-state index contributed by atoms with van der Waals surface area (Å²) < 4.78 is 5.72. The van der Waals surface area contributed by atoms with Gasteiger partial charge in [-0.3, -0.25) is 0 Å². The average molecular weight is 268 g/mol. The number of phenolic OH excluding ortho intramolecular Hbond substituents is 1. The van der Waals surface area contributed by atoms with Crippen molar-refractivity contribution in [3.63, 3.8) is 0 Å². The largest absolute Gasteiger partial charge is 0.508 e. The molecule has 4 nitrogen and oxygen atoms in total. The molecule has 1 heterocycles. The van der Waals surface area contributed by atoms with E-state index in [2.05, 4.69) is 4.98 Å². The number of aromatic nitrogens is 1. The van der Waals surface area contributed by atoms with Crippen LogP contribution in [0.25, 0.3) is 11.1 Å². The van der Waals surface area contributed by atoms with Gasteiger partial charge in [0.1, 0.15) is 11.3 Å². The number of rotatable bonds is 3. The molecule has 4 heteroatoms. The van der Waals surface area contributed by atoms with Gasteiger partial charge in [-0.15, -0.1) is 0 Å². The fraction of sp³-hybridized carbons (Fsp3) is 0.188. The Bertz CT molecular complexity index is 732. The zero-order chi connectivity index (χ0) is 14.1. The Kier molecular flexibility index (Phi) is 3.16. The molecule has 0 aliphatic carbocycles. The van der Waals surface area contributed by atoms with Gasteiger partial charge < -0.3 is 15.3 Å². The fourth-order valence-electron chi connectivity index (χ4n) is 2.18. The zero-order valence-corrected chi connectivity index (χ0v) is 11.2. The van der Waals surface area contributed by atoms with Crippen molar-refractivity contribution >= 4 is 11.1 Å². The van der Waals surface area contributed by atoms with Gasteiger partial charge in [-0.2, -0.15) is 0 Å².